The van der Waals surface area contributed by atoms with Crippen LogP contribution in [-0.4, -0.2) is 24.3 Å². The molecular weight excluding hydrogens is 392 g/mol. The molecule has 0 saturated carbocycles. The van der Waals surface area contributed by atoms with Gasteiger partial charge in [-0.05, 0) is 19.1 Å². The van der Waals surface area contributed by atoms with Gasteiger partial charge in [-0.1, -0.05) is 35.5 Å². The number of hydrogen-bond acceptors (Lipinski definition) is 7. The Morgan fingerprint density at radius 3 is 2.96 bits per heavy atom. The molecule has 26 heavy (non-hydrogen) atoms. The van der Waals surface area contributed by atoms with Crippen LogP contribution >= 0.6 is 34.7 Å². The maximum atomic E-state index is 12.2. The van der Waals surface area contributed by atoms with E-state index in [1.807, 2.05) is 24.4 Å². The van der Waals surface area contributed by atoms with E-state index in [1.165, 1.54) is 33.8 Å². The first-order valence-corrected chi connectivity index (χ1v) is 9.83. The second-order valence-corrected chi connectivity index (χ2v) is 7.77. The van der Waals surface area contributed by atoms with Crippen LogP contribution < -0.4 is 11.4 Å². The first-order valence-electron chi connectivity index (χ1n) is 7.59. The van der Waals surface area contributed by atoms with Crippen molar-refractivity contribution < 1.29 is 0 Å². The monoisotopic (exact) mass is 404 g/mol. The molecule has 0 atom stereocenters. The molecule has 3 aromatic heterocycles. The smallest absolute Gasteiger partial charge is 0.258 e. The van der Waals surface area contributed by atoms with Gasteiger partial charge in [0.05, 0.1) is 5.69 Å². The van der Waals surface area contributed by atoms with Crippen molar-refractivity contribution >= 4 is 39.7 Å². The van der Waals surface area contributed by atoms with Gasteiger partial charge in [-0.25, -0.2) is 9.66 Å². The summed E-state index contributed by atoms with van der Waals surface area (Å²) in [6, 6.07) is 8.79. The number of aryl methyl sites for hydroxylation is 1. The molecule has 10 heteroatoms. The van der Waals surface area contributed by atoms with Crippen molar-refractivity contribution in [3.8, 4) is 11.4 Å². The average Bonchev–Trinajstić information content (AvgIpc) is 3.16. The number of halogens is 1. The second kappa shape index (κ2) is 6.75. The Bertz CT molecular complexity index is 1170. The van der Waals surface area contributed by atoms with Crippen LogP contribution in [0.4, 0.5) is 0 Å². The van der Waals surface area contributed by atoms with Gasteiger partial charge in [0.1, 0.15) is 0 Å². The fraction of sp³-hybridized carbons (Fsp3) is 0.125. The van der Waals surface area contributed by atoms with E-state index >= 15 is 0 Å². The van der Waals surface area contributed by atoms with Gasteiger partial charge in [0.25, 0.3) is 5.56 Å². The topological polar surface area (TPSA) is 91.1 Å². The van der Waals surface area contributed by atoms with E-state index in [9.17, 15) is 4.79 Å². The molecule has 7 nitrogen and oxygen atoms in total. The quantitative estimate of drug-likeness (QED) is 0.415. The molecule has 0 amide bonds. The average molecular weight is 405 g/mol. The van der Waals surface area contributed by atoms with Crippen molar-refractivity contribution in [2.75, 3.05) is 5.84 Å². The lowest BCUT2D eigenvalue weighted by Gasteiger charge is -2.04. The highest BCUT2D eigenvalue weighted by Gasteiger charge is 2.14. The van der Waals surface area contributed by atoms with E-state index in [2.05, 4.69) is 15.2 Å². The maximum absolute atomic E-state index is 12.2. The molecule has 0 aliphatic heterocycles. The number of nitrogens with zero attached hydrogens (tertiary/aromatic N) is 5. The summed E-state index contributed by atoms with van der Waals surface area (Å²) in [7, 11) is 0. The molecule has 4 aromatic rings. The molecule has 1 aromatic carbocycles. The molecule has 0 saturated heterocycles. The Hall–Kier alpha value is -2.36. The number of benzene rings is 1. The Kier molecular flexibility index (Phi) is 4.43. The van der Waals surface area contributed by atoms with Crippen LogP contribution in [0.2, 0.25) is 5.02 Å². The maximum Gasteiger partial charge on any atom is 0.258 e. The molecular formula is C16H13ClN6OS2. The Morgan fingerprint density at radius 2 is 2.15 bits per heavy atom. The predicted molar refractivity (Wildman–Crippen MR) is 104 cm³/mol. The van der Waals surface area contributed by atoms with Crippen molar-refractivity contribution in [2.45, 2.75) is 17.8 Å². The summed E-state index contributed by atoms with van der Waals surface area (Å²) in [6.45, 7) is 1.88. The van der Waals surface area contributed by atoms with Gasteiger partial charge in [-0.2, -0.15) is 0 Å². The second-order valence-electron chi connectivity index (χ2n) is 5.56. The molecule has 0 radical (unpaired) electrons. The van der Waals surface area contributed by atoms with Crippen molar-refractivity contribution in [1.29, 1.82) is 0 Å². The first kappa shape index (κ1) is 17.1. The Morgan fingerprint density at radius 1 is 1.31 bits per heavy atom. The van der Waals surface area contributed by atoms with Gasteiger partial charge in [0.2, 0.25) is 5.16 Å². The van der Waals surface area contributed by atoms with Crippen LogP contribution in [0.3, 0.4) is 0 Å². The van der Waals surface area contributed by atoms with Gasteiger partial charge in [-0.15, -0.1) is 21.5 Å². The third-order valence-corrected chi connectivity index (χ3v) is 5.88. The Labute approximate surface area is 161 Å². The molecule has 132 valence electrons. The number of aromatic nitrogens is 5. The number of thioether (sulfide) groups is 1. The van der Waals surface area contributed by atoms with Crippen molar-refractivity contribution in [3.63, 3.8) is 0 Å². The highest BCUT2D eigenvalue weighted by molar-refractivity contribution is 7.98. The van der Waals surface area contributed by atoms with Crippen LogP contribution in [0.25, 0.3) is 16.3 Å². The standard InChI is InChI=1S/C16H13ClN6OS2/c1-9-7-25-15-19-12(6-13(24)22(9)15)8-26-16-21-20-14(23(16)18)10-3-2-4-11(17)5-10/h2-7H,8,18H2,1H3. The SMILES string of the molecule is Cc1csc2nc(CSc3nnc(-c4cccc(Cl)c4)n3N)cc(=O)n12. The zero-order valence-electron chi connectivity index (χ0n) is 13.6. The molecule has 0 aliphatic rings. The molecule has 0 bridgehead atoms. The highest BCUT2D eigenvalue weighted by Crippen LogP contribution is 2.25. The molecule has 0 spiro atoms. The first-order chi connectivity index (χ1) is 12.5. The molecule has 0 fully saturated rings. The lowest BCUT2D eigenvalue weighted by Crippen LogP contribution is -2.15. The largest absolute Gasteiger partial charge is 0.335 e. The van der Waals surface area contributed by atoms with Crippen LogP contribution in [0.5, 0.6) is 0 Å². The van der Waals surface area contributed by atoms with E-state index < -0.39 is 0 Å². The highest BCUT2D eigenvalue weighted by atomic mass is 35.5. The van der Waals surface area contributed by atoms with Gasteiger partial charge >= 0.3 is 0 Å². The lowest BCUT2D eigenvalue weighted by molar-refractivity contribution is 0.849. The fourth-order valence-electron chi connectivity index (χ4n) is 2.51. The van der Waals surface area contributed by atoms with Crippen LogP contribution in [0.1, 0.15) is 11.4 Å². The summed E-state index contributed by atoms with van der Waals surface area (Å²) in [5.41, 5.74) is 2.26. The number of nitrogen functional groups attached to an aromatic ring is 1. The summed E-state index contributed by atoms with van der Waals surface area (Å²) in [5.74, 6) is 7.10. The summed E-state index contributed by atoms with van der Waals surface area (Å²) >= 11 is 8.83. The zero-order valence-corrected chi connectivity index (χ0v) is 16.0. The van der Waals surface area contributed by atoms with Crippen molar-refractivity contribution in [3.05, 3.63) is 62.5 Å². The number of hydrogen-bond donors (Lipinski definition) is 1. The van der Waals surface area contributed by atoms with E-state index in [0.717, 1.165) is 11.3 Å². The van der Waals surface area contributed by atoms with Crippen LogP contribution in [-0.2, 0) is 5.75 Å². The fourth-order valence-corrected chi connectivity index (χ4v) is 4.34. The van der Waals surface area contributed by atoms with E-state index in [0.29, 0.717) is 32.4 Å². The summed E-state index contributed by atoms with van der Waals surface area (Å²) in [6.07, 6.45) is 0. The Balaban J connectivity index is 1.58. The number of nitrogens with two attached hydrogens (primary N) is 1. The molecule has 3 heterocycles. The number of thiazole rings is 1. The predicted octanol–water partition coefficient (Wildman–Crippen LogP) is 2.98. The lowest BCUT2D eigenvalue weighted by atomic mass is 10.2. The minimum atomic E-state index is -0.0850. The molecule has 4 rings (SSSR count). The summed E-state index contributed by atoms with van der Waals surface area (Å²) < 4.78 is 3.01. The minimum absolute atomic E-state index is 0.0850. The summed E-state index contributed by atoms with van der Waals surface area (Å²) in [4.78, 5) is 17.4. The van der Waals surface area contributed by atoms with Gasteiger partial charge in [0.15, 0.2) is 10.8 Å². The molecule has 0 unspecified atom stereocenters. The van der Waals surface area contributed by atoms with Gasteiger partial charge in [0, 0.05) is 33.5 Å². The third-order valence-electron chi connectivity index (χ3n) is 3.73. The summed E-state index contributed by atoms with van der Waals surface area (Å²) in [5, 5.41) is 11.3. The van der Waals surface area contributed by atoms with E-state index in [4.69, 9.17) is 17.4 Å². The van der Waals surface area contributed by atoms with E-state index in [1.54, 1.807) is 16.5 Å². The van der Waals surface area contributed by atoms with Crippen LogP contribution in [0, 0.1) is 6.92 Å². The van der Waals surface area contributed by atoms with Gasteiger partial charge < -0.3 is 5.84 Å². The number of rotatable bonds is 4. The van der Waals surface area contributed by atoms with Crippen LogP contribution in [0.15, 0.2) is 45.7 Å². The van der Waals surface area contributed by atoms with E-state index in [-0.39, 0.29) is 5.56 Å². The number of fused-ring (bicyclic) bond motifs is 1. The molecule has 2 N–H and O–H groups in total. The van der Waals surface area contributed by atoms with Crippen molar-refractivity contribution in [2.24, 2.45) is 0 Å². The minimum Gasteiger partial charge on any atom is -0.335 e. The molecule has 0 aliphatic carbocycles. The third kappa shape index (κ3) is 3.09. The van der Waals surface area contributed by atoms with Gasteiger partial charge in [-0.3, -0.25) is 9.20 Å². The van der Waals surface area contributed by atoms with Crippen molar-refractivity contribution in [1.82, 2.24) is 24.3 Å². The normalized spacial score (nSPS) is 11.3. The zero-order chi connectivity index (χ0) is 18.3.